The highest BCUT2D eigenvalue weighted by molar-refractivity contribution is 7.98. The van der Waals surface area contributed by atoms with Gasteiger partial charge in [-0.15, -0.1) is 5.10 Å². The number of nitrogens with zero attached hydrogens (tertiary/aromatic N) is 4. The molecule has 0 saturated heterocycles. The second-order valence-corrected chi connectivity index (χ2v) is 3.40. The number of hydrogen-bond acceptors (Lipinski definition) is 4. The molecule has 1 rings (SSSR count). The Kier molecular flexibility index (Phi) is 3.94. The first kappa shape index (κ1) is 11.0. The van der Waals surface area contributed by atoms with Gasteiger partial charge in [0.2, 0.25) is 5.16 Å². The number of hydrogen-bond donors (Lipinski definition) is 0. The molecule has 0 radical (unpaired) electrons. The molecule has 0 saturated carbocycles. The van der Waals surface area contributed by atoms with Crippen molar-refractivity contribution in [3.05, 3.63) is 6.33 Å². The van der Waals surface area contributed by atoms with Crippen LogP contribution in [0.3, 0.4) is 0 Å². The summed E-state index contributed by atoms with van der Waals surface area (Å²) in [5, 5.41) is 4.64. The Labute approximate surface area is 87.5 Å². The molecule has 0 aliphatic rings. The van der Waals surface area contributed by atoms with Gasteiger partial charge in [-0.1, -0.05) is 11.8 Å². The lowest BCUT2D eigenvalue weighted by atomic mass is 10.5. The molecule has 0 bridgehead atoms. The van der Waals surface area contributed by atoms with E-state index in [-0.39, 0.29) is 6.03 Å². The van der Waals surface area contributed by atoms with E-state index in [9.17, 15) is 4.79 Å². The summed E-state index contributed by atoms with van der Waals surface area (Å²) in [4.78, 5) is 17.4. The average molecular weight is 214 g/mol. The van der Waals surface area contributed by atoms with E-state index in [1.54, 1.807) is 4.90 Å². The van der Waals surface area contributed by atoms with Crippen LogP contribution in [0.4, 0.5) is 4.79 Å². The third kappa shape index (κ3) is 2.25. The minimum Gasteiger partial charge on any atom is -0.323 e. The minimum atomic E-state index is -0.122. The molecule has 1 amide bonds. The zero-order valence-corrected chi connectivity index (χ0v) is 9.41. The van der Waals surface area contributed by atoms with Crippen molar-refractivity contribution in [1.29, 1.82) is 0 Å². The first-order valence-electron chi connectivity index (χ1n) is 4.47. The van der Waals surface area contributed by atoms with E-state index >= 15 is 0 Å². The van der Waals surface area contributed by atoms with Crippen LogP contribution in [0, 0.1) is 0 Å². The van der Waals surface area contributed by atoms with Gasteiger partial charge >= 0.3 is 6.03 Å². The fraction of sp³-hybridized carbons (Fsp3) is 0.625. The zero-order valence-electron chi connectivity index (χ0n) is 8.60. The van der Waals surface area contributed by atoms with Gasteiger partial charge < -0.3 is 4.90 Å². The molecule has 0 aliphatic heterocycles. The maximum absolute atomic E-state index is 11.7. The van der Waals surface area contributed by atoms with Crippen LogP contribution in [0.15, 0.2) is 11.5 Å². The Morgan fingerprint density at radius 3 is 2.64 bits per heavy atom. The summed E-state index contributed by atoms with van der Waals surface area (Å²) < 4.78 is 1.28. The molecule has 1 aromatic heterocycles. The number of carbonyl (C=O) groups is 1. The van der Waals surface area contributed by atoms with E-state index < -0.39 is 0 Å². The van der Waals surface area contributed by atoms with Crippen molar-refractivity contribution >= 4 is 17.8 Å². The lowest BCUT2D eigenvalue weighted by Gasteiger charge is -2.17. The second kappa shape index (κ2) is 4.99. The van der Waals surface area contributed by atoms with Crippen molar-refractivity contribution in [3.63, 3.8) is 0 Å². The van der Waals surface area contributed by atoms with Gasteiger partial charge in [-0.25, -0.2) is 9.78 Å². The molecule has 1 heterocycles. The molecule has 78 valence electrons. The predicted molar refractivity (Wildman–Crippen MR) is 55.5 cm³/mol. The van der Waals surface area contributed by atoms with Crippen LogP contribution >= 0.6 is 11.8 Å². The highest BCUT2D eigenvalue weighted by Gasteiger charge is 2.13. The molecular weight excluding hydrogens is 200 g/mol. The monoisotopic (exact) mass is 214 g/mol. The smallest absolute Gasteiger partial charge is 0.323 e. The van der Waals surface area contributed by atoms with Crippen molar-refractivity contribution < 1.29 is 4.79 Å². The maximum Gasteiger partial charge on any atom is 0.346 e. The van der Waals surface area contributed by atoms with Crippen LogP contribution in [0.25, 0.3) is 0 Å². The summed E-state index contributed by atoms with van der Waals surface area (Å²) in [6, 6.07) is -0.122. The molecule has 0 atom stereocenters. The van der Waals surface area contributed by atoms with Crippen molar-refractivity contribution in [1.82, 2.24) is 19.7 Å². The molecule has 0 N–H and O–H groups in total. The van der Waals surface area contributed by atoms with E-state index in [1.807, 2.05) is 20.1 Å². The SMILES string of the molecule is CCN(CC)C(=O)n1cnc(SC)n1. The normalized spacial score (nSPS) is 10.2. The van der Waals surface area contributed by atoms with E-state index in [2.05, 4.69) is 10.1 Å². The number of aromatic nitrogens is 3. The van der Waals surface area contributed by atoms with E-state index in [0.717, 1.165) is 0 Å². The fourth-order valence-corrected chi connectivity index (χ4v) is 1.39. The molecule has 5 nitrogen and oxygen atoms in total. The summed E-state index contributed by atoms with van der Waals surface area (Å²) in [5.74, 6) is 0. The van der Waals surface area contributed by atoms with Crippen LogP contribution in [0.1, 0.15) is 13.8 Å². The van der Waals surface area contributed by atoms with Crippen molar-refractivity contribution in [3.8, 4) is 0 Å². The van der Waals surface area contributed by atoms with Gasteiger partial charge in [0.1, 0.15) is 6.33 Å². The van der Waals surface area contributed by atoms with Crippen LogP contribution in [0.5, 0.6) is 0 Å². The number of amides is 1. The molecule has 0 spiro atoms. The molecule has 6 heteroatoms. The van der Waals surface area contributed by atoms with Crippen molar-refractivity contribution in [2.75, 3.05) is 19.3 Å². The molecule has 0 aliphatic carbocycles. The summed E-state index contributed by atoms with van der Waals surface area (Å²) in [7, 11) is 0. The Balaban J connectivity index is 2.77. The lowest BCUT2D eigenvalue weighted by Crippen LogP contribution is -2.34. The second-order valence-electron chi connectivity index (χ2n) is 2.63. The van der Waals surface area contributed by atoms with Crippen LogP contribution < -0.4 is 0 Å². The van der Waals surface area contributed by atoms with E-state index in [0.29, 0.717) is 18.2 Å². The maximum atomic E-state index is 11.7. The number of thioether (sulfide) groups is 1. The summed E-state index contributed by atoms with van der Waals surface area (Å²) in [6.07, 6.45) is 3.33. The summed E-state index contributed by atoms with van der Waals surface area (Å²) in [5.41, 5.74) is 0. The van der Waals surface area contributed by atoms with Crippen molar-refractivity contribution in [2.45, 2.75) is 19.0 Å². The first-order chi connectivity index (χ1) is 6.72. The van der Waals surface area contributed by atoms with Crippen molar-refractivity contribution in [2.24, 2.45) is 0 Å². The Hall–Kier alpha value is -1.04. The number of carbonyl (C=O) groups excluding carboxylic acids is 1. The standard InChI is InChI=1S/C8H14N4OS/c1-4-11(5-2)8(13)12-6-9-7(10-12)14-3/h6H,4-5H2,1-3H3. The van der Waals surface area contributed by atoms with Gasteiger partial charge in [0.05, 0.1) is 0 Å². The highest BCUT2D eigenvalue weighted by atomic mass is 32.2. The van der Waals surface area contributed by atoms with Crippen LogP contribution in [-0.2, 0) is 0 Å². The Morgan fingerprint density at radius 2 is 2.21 bits per heavy atom. The largest absolute Gasteiger partial charge is 0.346 e. The van der Waals surface area contributed by atoms with Crippen LogP contribution in [-0.4, -0.2) is 45.0 Å². The van der Waals surface area contributed by atoms with Gasteiger partial charge in [0.25, 0.3) is 0 Å². The third-order valence-corrected chi connectivity index (χ3v) is 2.44. The summed E-state index contributed by atoms with van der Waals surface area (Å²) in [6.45, 7) is 5.25. The topological polar surface area (TPSA) is 51.0 Å². The van der Waals surface area contributed by atoms with Gasteiger partial charge in [0.15, 0.2) is 0 Å². The molecule has 1 aromatic rings. The highest BCUT2D eigenvalue weighted by Crippen LogP contribution is 2.06. The zero-order chi connectivity index (χ0) is 10.6. The Bertz CT molecular complexity index is 308. The quantitative estimate of drug-likeness (QED) is 0.712. The minimum absolute atomic E-state index is 0.122. The average Bonchev–Trinajstić information content (AvgIpc) is 2.67. The third-order valence-electron chi connectivity index (χ3n) is 1.88. The molecule has 0 aromatic carbocycles. The van der Waals surface area contributed by atoms with Gasteiger partial charge in [-0.2, -0.15) is 4.68 Å². The van der Waals surface area contributed by atoms with Gasteiger partial charge in [0, 0.05) is 13.1 Å². The van der Waals surface area contributed by atoms with Crippen LogP contribution in [0.2, 0.25) is 0 Å². The Morgan fingerprint density at radius 1 is 1.57 bits per heavy atom. The molecule has 0 unspecified atom stereocenters. The van der Waals surface area contributed by atoms with Gasteiger partial charge in [-0.3, -0.25) is 0 Å². The fourth-order valence-electron chi connectivity index (χ4n) is 1.07. The van der Waals surface area contributed by atoms with E-state index in [1.165, 1.54) is 22.8 Å². The number of rotatable bonds is 3. The lowest BCUT2D eigenvalue weighted by molar-refractivity contribution is 0.201. The summed E-state index contributed by atoms with van der Waals surface area (Å²) >= 11 is 1.42. The molecular formula is C8H14N4OS. The first-order valence-corrected chi connectivity index (χ1v) is 5.70. The van der Waals surface area contributed by atoms with Gasteiger partial charge in [-0.05, 0) is 20.1 Å². The molecule has 0 fully saturated rings. The predicted octanol–water partition coefficient (Wildman–Crippen LogP) is 1.31. The van der Waals surface area contributed by atoms with E-state index in [4.69, 9.17) is 0 Å². The molecule has 14 heavy (non-hydrogen) atoms.